The van der Waals surface area contributed by atoms with Gasteiger partial charge in [-0.3, -0.25) is 4.79 Å². The molecule has 7 heteroatoms. The molecule has 1 aromatic heterocycles. The number of hydrogen-bond donors (Lipinski definition) is 1. The molecular weight excluding hydrogens is 264 g/mol. The molecule has 108 valence electrons. The predicted molar refractivity (Wildman–Crippen MR) is 68.1 cm³/mol. The topological polar surface area (TPSA) is 92.9 Å². The number of hydrogen-bond acceptors (Lipinski definition) is 5. The van der Waals surface area contributed by atoms with Crippen molar-refractivity contribution in [3.05, 3.63) is 29.5 Å². The number of aromatic nitrogens is 1. The number of carboxylic acids is 1. The van der Waals surface area contributed by atoms with Gasteiger partial charge in [0, 0.05) is 13.1 Å². The van der Waals surface area contributed by atoms with Crippen molar-refractivity contribution in [2.45, 2.75) is 20.0 Å². The largest absolute Gasteiger partial charge is 0.480 e. The summed E-state index contributed by atoms with van der Waals surface area (Å²) < 4.78 is 10.0. The van der Waals surface area contributed by atoms with E-state index >= 15 is 0 Å². The monoisotopic (exact) mass is 280 g/mol. The third-order valence-corrected chi connectivity index (χ3v) is 2.92. The van der Waals surface area contributed by atoms with E-state index in [0.29, 0.717) is 13.1 Å². The molecular formula is C13H16N2O5. The molecule has 0 bridgehead atoms. The van der Waals surface area contributed by atoms with E-state index in [9.17, 15) is 9.59 Å². The van der Waals surface area contributed by atoms with Crippen LogP contribution in [0.15, 0.2) is 22.5 Å². The summed E-state index contributed by atoms with van der Waals surface area (Å²) in [5, 5.41) is 8.50. The molecule has 1 amide bonds. The van der Waals surface area contributed by atoms with Gasteiger partial charge in [-0.1, -0.05) is 11.6 Å². The summed E-state index contributed by atoms with van der Waals surface area (Å²) in [7, 11) is 0. The molecule has 20 heavy (non-hydrogen) atoms. The van der Waals surface area contributed by atoms with Gasteiger partial charge in [-0.15, -0.1) is 0 Å². The Balaban J connectivity index is 2.01. The van der Waals surface area contributed by atoms with E-state index in [-0.39, 0.29) is 24.0 Å². The Bertz CT molecular complexity index is 535. The van der Waals surface area contributed by atoms with Crippen molar-refractivity contribution in [2.75, 3.05) is 19.7 Å². The van der Waals surface area contributed by atoms with Crippen molar-refractivity contribution in [3.8, 4) is 0 Å². The van der Waals surface area contributed by atoms with Crippen LogP contribution in [0.1, 0.15) is 29.6 Å². The number of oxazole rings is 1. The summed E-state index contributed by atoms with van der Waals surface area (Å²) in [4.78, 5) is 28.3. The highest BCUT2D eigenvalue weighted by Gasteiger charge is 2.24. The second-order valence-corrected chi connectivity index (χ2v) is 4.58. The van der Waals surface area contributed by atoms with E-state index in [1.165, 1.54) is 6.39 Å². The lowest BCUT2D eigenvalue weighted by Gasteiger charge is -2.25. The third kappa shape index (κ3) is 3.45. The van der Waals surface area contributed by atoms with Crippen molar-refractivity contribution in [3.63, 3.8) is 0 Å². The highest BCUT2D eigenvalue weighted by Crippen LogP contribution is 2.15. The van der Waals surface area contributed by atoms with Gasteiger partial charge in [-0.05, 0) is 13.3 Å². The first-order valence-corrected chi connectivity index (χ1v) is 6.24. The molecule has 1 N–H and O–H groups in total. The van der Waals surface area contributed by atoms with E-state index in [1.54, 1.807) is 4.90 Å². The normalized spacial score (nSPS) is 15.1. The molecule has 1 aliphatic rings. The quantitative estimate of drug-likeness (QED) is 0.811. The van der Waals surface area contributed by atoms with Gasteiger partial charge in [0.2, 0.25) is 0 Å². The molecule has 7 nitrogen and oxygen atoms in total. The Morgan fingerprint density at radius 2 is 2.35 bits per heavy atom. The molecule has 0 aliphatic carbocycles. The van der Waals surface area contributed by atoms with Gasteiger partial charge in [0.15, 0.2) is 17.8 Å². The van der Waals surface area contributed by atoms with Crippen LogP contribution in [-0.2, 0) is 16.1 Å². The van der Waals surface area contributed by atoms with Crippen LogP contribution in [0.2, 0.25) is 0 Å². The van der Waals surface area contributed by atoms with E-state index in [1.807, 2.05) is 6.92 Å². The minimum absolute atomic E-state index is 0.0873. The lowest BCUT2D eigenvalue weighted by Crippen LogP contribution is -2.36. The molecule has 2 rings (SSSR count). The van der Waals surface area contributed by atoms with Crippen LogP contribution in [0.25, 0.3) is 0 Å². The average molecular weight is 280 g/mol. The second kappa shape index (κ2) is 6.33. The van der Waals surface area contributed by atoms with Crippen LogP contribution in [0.5, 0.6) is 0 Å². The highest BCUT2D eigenvalue weighted by atomic mass is 16.5. The Morgan fingerprint density at radius 3 is 3.05 bits per heavy atom. The number of aliphatic carboxylic acids is 1. The Morgan fingerprint density at radius 1 is 1.55 bits per heavy atom. The Kier molecular flexibility index (Phi) is 4.52. The molecule has 0 aromatic carbocycles. The third-order valence-electron chi connectivity index (χ3n) is 2.92. The second-order valence-electron chi connectivity index (χ2n) is 4.58. The molecule has 0 unspecified atom stereocenters. The lowest BCUT2D eigenvalue weighted by atomic mass is 10.1. The smallest absolute Gasteiger partial charge is 0.329 e. The molecule has 0 saturated heterocycles. The minimum Gasteiger partial charge on any atom is -0.480 e. The Hall–Kier alpha value is -2.15. The number of carboxylic acid groups (broad SMARTS) is 1. The lowest BCUT2D eigenvalue weighted by molar-refractivity contribution is -0.142. The number of nitrogens with zero attached hydrogens (tertiary/aromatic N) is 2. The van der Waals surface area contributed by atoms with Crippen LogP contribution in [-0.4, -0.2) is 46.6 Å². The van der Waals surface area contributed by atoms with Crippen molar-refractivity contribution in [1.82, 2.24) is 9.88 Å². The summed E-state index contributed by atoms with van der Waals surface area (Å²) in [6.45, 7) is 2.65. The maximum Gasteiger partial charge on any atom is 0.329 e. The number of amides is 1. The van der Waals surface area contributed by atoms with Gasteiger partial charge in [0.05, 0.1) is 0 Å². The maximum atomic E-state index is 12.3. The molecule has 0 atom stereocenters. The Labute approximate surface area is 115 Å². The van der Waals surface area contributed by atoms with Crippen molar-refractivity contribution in [2.24, 2.45) is 0 Å². The van der Waals surface area contributed by atoms with Crippen LogP contribution >= 0.6 is 0 Å². The number of carbonyl (C=O) groups excluding carboxylic acids is 1. The van der Waals surface area contributed by atoms with E-state index in [2.05, 4.69) is 11.1 Å². The summed E-state index contributed by atoms with van der Waals surface area (Å²) in [6, 6.07) is 0. The zero-order valence-corrected chi connectivity index (χ0v) is 11.2. The highest BCUT2D eigenvalue weighted by molar-refractivity contribution is 5.93. The zero-order chi connectivity index (χ0) is 14.5. The van der Waals surface area contributed by atoms with Crippen LogP contribution in [0.3, 0.4) is 0 Å². The predicted octanol–water partition coefficient (Wildman–Crippen LogP) is 1.07. The fourth-order valence-corrected chi connectivity index (χ4v) is 2.01. The van der Waals surface area contributed by atoms with E-state index in [0.717, 1.165) is 12.0 Å². The van der Waals surface area contributed by atoms with Gasteiger partial charge in [-0.2, -0.15) is 0 Å². The van der Waals surface area contributed by atoms with Crippen molar-refractivity contribution in [1.29, 1.82) is 0 Å². The van der Waals surface area contributed by atoms with E-state index < -0.39 is 12.6 Å². The number of rotatable bonds is 5. The SMILES string of the molecule is CC1=CCCN(C(=O)c2ncoc2COCC(=O)O)C1. The molecule has 1 aliphatic heterocycles. The number of carbonyl (C=O) groups is 2. The summed E-state index contributed by atoms with van der Waals surface area (Å²) >= 11 is 0. The standard InChI is InChI=1S/C13H16N2O5/c1-9-3-2-4-15(5-9)13(18)12-10(20-8-14-12)6-19-7-11(16)17/h3,8H,2,4-7H2,1H3,(H,16,17). The molecule has 0 spiro atoms. The summed E-state index contributed by atoms with van der Waals surface area (Å²) in [5.41, 5.74) is 1.32. The fourth-order valence-electron chi connectivity index (χ4n) is 2.01. The van der Waals surface area contributed by atoms with Gasteiger partial charge < -0.3 is 19.2 Å². The summed E-state index contributed by atoms with van der Waals surface area (Å²) in [6.07, 6.45) is 4.09. The van der Waals surface area contributed by atoms with Crippen LogP contribution < -0.4 is 0 Å². The first kappa shape index (κ1) is 14.3. The molecule has 1 aromatic rings. The van der Waals surface area contributed by atoms with E-state index in [4.69, 9.17) is 14.3 Å². The fraction of sp³-hybridized carbons (Fsp3) is 0.462. The average Bonchev–Trinajstić information content (AvgIpc) is 2.86. The molecule has 0 radical (unpaired) electrons. The molecule has 0 saturated carbocycles. The van der Waals surface area contributed by atoms with Gasteiger partial charge >= 0.3 is 5.97 Å². The minimum atomic E-state index is -1.07. The van der Waals surface area contributed by atoms with Crippen molar-refractivity contribution >= 4 is 11.9 Å². The van der Waals surface area contributed by atoms with Gasteiger partial charge in [-0.25, -0.2) is 9.78 Å². The first-order chi connectivity index (χ1) is 9.58. The van der Waals surface area contributed by atoms with Gasteiger partial charge in [0.1, 0.15) is 13.2 Å². The maximum absolute atomic E-state index is 12.3. The zero-order valence-electron chi connectivity index (χ0n) is 11.2. The number of ether oxygens (including phenoxy) is 1. The van der Waals surface area contributed by atoms with Gasteiger partial charge in [0.25, 0.3) is 5.91 Å². The van der Waals surface area contributed by atoms with Crippen LogP contribution in [0, 0.1) is 0 Å². The van der Waals surface area contributed by atoms with Crippen molar-refractivity contribution < 1.29 is 23.8 Å². The molecule has 2 heterocycles. The first-order valence-electron chi connectivity index (χ1n) is 6.24. The van der Waals surface area contributed by atoms with Crippen LogP contribution in [0.4, 0.5) is 0 Å². The molecule has 0 fully saturated rings. The summed E-state index contributed by atoms with van der Waals surface area (Å²) in [5.74, 6) is -1.04.